The van der Waals surface area contributed by atoms with E-state index in [0.29, 0.717) is 16.6 Å². The van der Waals surface area contributed by atoms with Gasteiger partial charge in [-0.25, -0.2) is 4.39 Å². The second kappa shape index (κ2) is 6.57. The van der Waals surface area contributed by atoms with Crippen LogP contribution in [0, 0.1) is 9.39 Å². The molecule has 1 N–H and O–H groups in total. The van der Waals surface area contributed by atoms with Crippen molar-refractivity contribution in [1.29, 1.82) is 0 Å². The zero-order chi connectivity index (χ0) is 15.5. The van der Waals surface area contributed by atoms with E-state index in [-0.39, 0.29) is 12.4 Å². The van der Waals surface area contributed by atoms with Crippen molar-refractivity contribution in [3.63, 3.8) is 0 Å². The van der Waals surface area contributed by atoms with E-state index < -0.39 is 0 Å². The lowest BCUT2D eigenvalue weighted by molar-refractivity contribution is 0.304. The second-order valence-corrected chi connectivity index (χ2v) is 5.97. The summed E-state index contributed by atoms with van der Waals surface area (Å²) in [4.78, 5) is 0. The molecular weight excluding hydrogens is 422 g/mol. The van der Waals surface area contributed by atoms with Gasteiger partial charge < -0.3 is 4.74 Å². The number of hydrogen-bond acceptors (Lipinski definition) is 4. The number of hydrogen-bond donors (Lipinski definition) is 1. The molecule has 2 aromatic carbocycles. The maximum Gasteiger partial charge on any atom is 0.204 e. The Kier molecular flexibility index (Phi) is 4.53. The summed E-state index contributed by atoms with van der Waals surface area (Å²) in [7, 11) is 0. The molecule has 3 aromatic rings. The van der Waals surface area contributed by atoms with Crippen LogP contribution in [-0.2, 0) is 6.61 Å². The molecule has 3 rings (SSSR count). The molecule has 0 saturated heterocycles. The van der Waals surface area contributed by atoms with Gasteiger partial charge in [0.05, 0.1) is 8.59 Å². The van der Waals surface area contributed by atoms with Gasteiger partial charge in [-0.05, 0) is 58.1 Å². The van der Waals surface area contributed by atoms with Gasteiger partial charge in [0.2, 0.25) is 5.82 Å². The van der Waals surface area contributed by atoms with Crippen LogP contribution in [0.3, 0.4) is 0 Å². The third-order valence-electron chi connectivity index (χ3n) is 2.93. The number of aromatic amines is 1. The molecule has 0 aliphatic carbocycles. The summed E-state index contributed by atoms with van der Waals surface area (Å²) >= 11 is 8.14. The molecule has 0 amide bonds. The fraction of sp³-hybridized carbons (Fsp3) is 0.0714. The van der Waals surface area contributed by atoms with Crippen molar-refractivity contribution in [2.45, 2.75) is 6.61 Å². The number of ether oxygens (including phenoxy) is 1. The maximum atomic E-state index is 13.0. The van der Waals surface area contributed by atoms with E-state index in [9.17, 15) is 4.39 Å². The van der Waals surface area contributed by atoms with Crippen LogP contribution >= 0.6 is 34.2 Å². The molecule has 0 unspecified atom stereocenters. The summed E-state index contributed by atoms with van der Waals surface area (Å²) in [6, 6.07) is 9.80. The molecule has 0 aliphatic rings. The number of aromatic nitrogens is 4. The van der Waals surface area contributed by atoms with E-state index in [2.05, 4.69) is 43.2 Å². The molecule has 0 spiro atoms. The average Bonchev–Trinajstić information content (AvgIpc) is 3.02. The van der Waals surface area contributed by atoms with E-state index >= 15 is 0 Å². The quantitative estimate of drug-likeness (QED) is 0.639. The Hall–Kier alpha value is -1.74. The monoisotopic (exact) mass is 430 g/mol. The Bertz CT molecular complexity index is 798. The van der Waals surface area contributed by atoms with Crippen LogP contribution in [0.15, 0.2) is 36.4 Å². The van der Waals surface area contributed by atoms with Crippen LogP contribution in [0.1, 0.15) is 5.56 Å². The van der Waals surface area contributed by atoms with Gasteiger partial charge in [0.25, 0.3) is 0 Å². The zero-order valence-corrected chi connectivity index (χ0v) is 14.0. The fourth-order valence-electron chi connectivity index (χ4n) is 1.84. The normalized spacial score (nSPS) is 10.7. The molecule has 22 heavy (non-hydrogen) atoms. The van der Waals surface area contributed by atoms with Crippen molar-refractivity contribution in [1.82, 2.24) is 20.6 Å². The second-order valence-electron chi connectivity index (χ2n) is 4.41. The summed E-state index contributed by atoms with van der Waals surface area (Å²) in [5.74, 6) is 0.854. The average molecular weight is 431 g/mol. The predicted octanol–water partition coefficient (Wildman–Crippen LogP) is 3.84. The standard InChI is InChI=1S/C14H9ClFIN4O/c15-11-6-10(16)3-1-9(11)7-22-13-4-2-8(5-12(13)17)14-18-20-21-19-14/h1-6H,7H2,(H,18,19,20,21). The van der Waals surface area contributed by atoms with Crippen molar-refractivity contribution in [2.24, 2.45) is 0 Å². The Morgan fingerprint density at radius 2 is 2.09 bits per heavy atom. The molecule has 0 atom stereocenters. The molecule has 112 valence electrons. The molecule has 0 radical (unpaired) electrons. The Morgan fingerprint density at radius 3 is 2.77 bits per heavy atom. The first-order valence-corrected chi connectivity index (χ1v) is 7.69. The maximum absolute atomic E-state index is 13.0. The van der Waals surface area contributed by atoms with Gasteiger partial charge in [-0.2, -0.15) is 5.21 Å². The molecule has 8 heteroatoms. The summed E-state index contributed by atoms with van der Waals surface area (Å²) < 4.78 is 19.6. The topological polar surface area (TPSA) is 63.7 Å². The first-order chi connectivity index (χ1) is 10.6. The van der Waals surface area contributed by atoms with Gasteiger partial charge in [-0.15, -0.1) is 10.2 Å². The Balaban J connectivity index is 1.75. The van der Waals surface area contributed by atoms with Crippen LogP contribution in [0.5, 0.6) is 5.75 Å². The van der Waals surface area contributed by atoms with E-state index in [4.69, 9.17) is 16.3 Å². The highest BCUT2D eigenvalue weighted by Gasteiger charge is 2.09. The molecule has 0 bridgehead atoms. The highest BCUT2D eigenvalue weighted by Crippen LogP contribution is 2.27. The Morgan fingerprint density at radius 1 is 1.23 bits per heavy atom. The van der Waals surface area contributed by atoms with Gasteiger partial charge in [-0.1, -0.05) is 17.7 Å². The third-order valence-corrected chi connectivity index (χ3v) is 4.13. The number of halogens is 3. The molecule has 0 saturated carbocycles. The van der Waals surface area contributed by atoms with E-state index in [0.717, 1.165) is 14.7 Å². The molecule has 1 heterocycles. The smallest absolute Gasteiger partial charge is 0.204 e. The van der Waals surface area contributed by atoms with Crippen molar-refractivity contribution >= 4 is 34.2 Å². The van der Waals surface area contributed by atoms with Crippen molar-refractivity contribution in [3.05, 3.63) is 56.4 Å². The lowest BCUT2D eigenvalue weighted by atomic mass is 10.2. The highest BCUT2D eigenvalue weighted by molar-refractivity contribution is 14.1. The molecule has 5 nitrogen and oxygen atoms in total. The summed E-state index contributed by atoms with van der Waals surface area (Å²) in [5, 5.41) is 14.1. The molecule has 0 fully saturated rings. The number of benzene rings is 2. The largest absolute Gasteiger partial charge is 0.488 e. The van der Waals surface area contributed by atoms with Crippen LogP contribution < -0.4 is 4.74 Å². The summed E-state index contributed by atoms with van der Waals surface area (Å²) in [6.45, 7) is 0.261. The van der Waals surface area contributed by atoms with Crippen LogP contribution in [0.25, 0.3) is 11.4 Å². The van der Waals surface area contributed by atoms with Gasteiger partial charge in [-0.3, -0.25) is 0 Å². The zero-order valence-electron chi connectivity index (χ0n) is 11.1. The summed E-state index contributed by atoms with van der Waals surface area (Å²) in [5.41, 5.74) is 1.56. The van der Waals surface area contributed by atoms with Gasteiger partial charge in [0.1, 0.15) is 18.2 Å². The number of H-pyrrole nitrogens is 1. The van der Waals surface area contributed by atoms with E-state index in [1.807, 2.05) is 18.2 Å². The fourth-order valence-corrected chi connectivity index (χ4v) is 2.73. The number of rotatable bonds is 4. The van der Waals surface area contributed by atoms with Crippen molar-refractivity contribution in [3.8, 4) is 17.1 Å². The number of nitrogens with zero attached hydrogens (tertiary/aromatic N) is 3. The Labute approximate surface area is 144 Å². The van der Waals surface area contributed by atoms with E-state index in [1.165, 1.54) is 12.1 Å². The first kappa shape index (κ1) is 15.2. The molecule has 0 aliphatic heterocycles. The number of nitrogens with one attached hydrogen (secondary N) is 1. The van der Waals surface area contributed by atoms with Crippen LogP contribution in [0.4, 0.5) is 4.39 Å². The van der Waals surface area contributed by atoms with Gasteiger partial charge in [0, 0.05) is 11.1 Å². The molecular formula is C14H9ClFIN4O. The minimum Gasteiger partial charge on any atom is -0.488 e. The SMILES string of the molecule is Fc1ccc(COc2ccc(-c3nn[nH]n3)cc2I)c(Cl)c1. The van der Waals surface area contributed by atoms with Crippen molar-refractivity contribution < 1.29 is 9.13 Å². The highest BCUT2D eigenvalue weighted by atomic mass is 127. The minimum absolute atomic E-state index is 0.261. The minimum atomic E-state index is -0.368. The van der Waals surface area contributed by atoms with Gasteiger partial charge in [0.15, 0.2) is 0 Å². The summed E-state index contributed by atoms with van der Waals surface area (Å²) in [6.07, 6.45) is 0. The van der Waals surface area contributed by atoms with Crippen LogP contribution in [0.2, 0.25) is 5.02 Å². The van der Waals surface area contributed by atoms with Crippen LogP contribution in [-0.4, -0.2) is 20.6 Å². The van der Waals surface area contributed by atoms with Gasteiger partial charge >= 0.3 is 0 Å². The lowest BCUT2D eigenvalue weighted by Crippen LogP contribution is -1.98. The number of tetrazole rings is 1. The molecule has 1 aromatic heterocycles. The van der Waals surface area contributed by atoms with E-state index in [1.54, 1.807) is 6.07 Å². The predicted molar refractivity (Wildman–Crippen MR) is 88.1 cm³/mol. The first-order valence-electron chi connectivity index (χ1n) is 6.23. The lowest BCUT2D eigenvalue weighted by Gasteiger charge is -2.10. The third kappa shape index (κ3) is 3.36. The van der Waals surface area contributed by atoms with Crippen molar-refractivity contribution in [2.75, 3.05) is 0 Å².